The number of rotatable bonds is 10. The molecule has 2 amide bonds. The summed E-state index contributed by atoms with van der Waals surface area (Å²) in [6.45, 7) is 1.98. The van der Waals surface area contributed by atoms with Crippen LogP contribution in [-0.2, 0) is 14.3 Å². The van der Waals surface area contributed by atoms with Crippen LogP contribution < -0.4 is 15.5 Å². The molecule has 9 nitrogen and oxygen atoms in total. The van der Waals surface area contributed by atoms with Crippen molar-refractivity contribution in [2.24, 2.45) is 0 Å². The number of phenolic OH excluding ortho intramolecular Hbond substituents is 1. The second-order valence-electron chi connectivity index (χ2n) is 6.37. The summed E-state index contributed by atoms with van der Waals surface area (Å²) in [6, 6.07) is 11.7. The molecule has 0 aliphatic heterocycles. The normalized spacial score (nSPS) is 12.8. The first-order chi connectivity index (χ1) is 15.4. The fourth-order valence-electron chi connectivity index (χ4n) is 2.80. The molecule has 0 aliphatic rings. The standard InChI is InChI=1S/C22H26N2O7S/c1-4-30-19(11-12-20(26)24-28)21(14-5-10-18(29-2)17(25)13-14)31-22(27)23-15-6-8-16(32-3)9-7-15/h5-13,19,21,25,28H,4H2,1-3H3,(H,23,27)(H,24,26)/b12-11+/t19-,21-/m0/s1. The molecule has 2 atom stereocenters. The highest BCUT2D eigenvalue weighted by Crippen LogP contribution is 2.33. The minimum Gasteiger partial charge on any atom is -0.504 e. The SMILES string of the molecule is CCO[C@@H](/C=C/C(=O)NO)[C@@H](OC(=O)Nc1ccc(SC)cc1)c1ccc(OC)c(O)c1. The van der Waals surface area contributed by atoms with Gasteiger partial charge < -0.3 is 19.3 Å². The number of amides is 2. The molecule has 2 aromatic carbocycles. The lowest BCUT2D eigenvalue weighted by atomic mass is 10.0. The lowest BCUT2D eigenvalue weighted by Crippen LogP contribution is -2.28. The molecule has 0 saturated carbocycles. The number of carbonyl (C=O) groups excluding carboxylic acids is 2. The largest absolute Gasteiger partial charge is 0.504 e. The number of ether oxygens (including phenoxy) is 3. The monoisotopic (exact) mass is 462 g/mol. The van der Waals surface area contributed by atoms with Gasteiger partial charge in [0.15, 0.2) is 17.6 Å². The van der Waals surface area contributed by atoms with Crippen molar-refractivity contribution in [1.29, 1.82) is 0 Å². The van der Waals surface area contributed by atoms with E-state index in [1.165, 1.54) is 30.8 Å². The van der Waals surface area contributed by atoms with Gasteiger partial charge >= 0.3 is 6.09 Å². The van der Waals surface area contributed by atoms with E-state index in [2.05, 4.69) is 5.32 Å². The molecule has 172 valence electrons. The number of thioether (sulfide) groups is 1. The predicted octanol–water partition coefficient (Wildman–Crippen LogP) is 3.88. The molecule has 4 N–H and O–H groups in total. The van der Waals surface area contributed by atoms with Crippen molar-refractivity contribution < 1.29 is 34.1 Å². The van der Waals surface area contributed by atoms with Crippen molar-refractivity contribution in [2.75, 3.05) is 25.3 Å². The zero-order valence-corrected chi connectivity index (χ0v) is 18.7. The Balaban J connectivity index is 2.32. The Hall–Kier alpha value is -3.21. The average molecular weight is 463 g/mol. The number of hydrogen-bond acceptors (Lipinski definition) is 8. The third-order valence-corrected chi connectivity index (χ3v) is 5.05. The molecule has 10 heteroatoms. The van der Waals surface area contributed by atoms with Crippen LogP contribution in [0.1, 0.15) is 18.6 Å². The van der Waals surface area contributed by atoms with Crippen LogP contribution in [0.5, 0.6) is 11.5 Å². The summed E-state index contributed by atoms with van der Waals surface area (Å²) in [4.78, 5) is 25.1. The van der Waals surface area contributed by atoms with E-state index in [-0.39, 0.29) is 18.1 Å². The van der Waals surface area contributed by atoms with Crippen LogP contribution in [-0.4, -0.2) is 48.4 Å². The molecular formula is C22H26N2O7S. The molecule has 0 unspecified atom stereocenters. The Labute approximate surface area is 190 Å². The molecule has 0 heterocycles. The van der Waals surface area contributed by atoms with Crippen molar-refractivity contribution in [1.82, 2.24) is 5.48 Å². The van der Waals surface area contributed by atoms with E-state index in [9.17, 15) is 14.7 Å². The van der Waals surface area contributed by atoms with E-state index in [1.54, 1.807) is 36.9 Å². The topological polar surface area (TPSA) is 126 Å². The number of benzene rings is 2. The number of carbonyl (C=O) groups is 2. The molecule has 0 aromatic heterocycles. The van der Waals surface area contributed by atoms with Crippen molar-refractivity contribution in [2.45, 2.75) is 24.0 Å². The summed E-state index contributed by atoms with van der Waals surface area (Å²) in [5.41, 5.74) is 2.43. The highest BCUT2D eigenvalue weighted by molar-refractivity contribution is 7.98. The van der Waals surface area contributed by atoms with Crippen molar-refractivity contribution in [3.8, 4) is 11.5 Å². The minimum atomic E-state index is -1.03. The molecule has 0 bridgehead atoms. The van der Waals surface area contributed by atoms with Gasteiger partial charge in [0.2, 0.25) is 0 Å². The zero-order chi connectivity index (χ0) is 23.5. The second kappa shape index (κ2) is 12.6. The summed E-state index contributed by atoms with van der Waals surface area (Å²) >= 11 is 1.58. The molecule has 32 heavy (non-hydrogen) atoms. The van der Waals surface area contributed by atoms with Gasteiger partial charge in [-0.2, -0.15) is 0 Å². The van der Waals surface area contributed by atoms with Gasteiger partial charge in [-0.3, -0.25) is 15.3 Å². The molecule has 0 radical (unpaired) electrons. The first kappa shape index (κ1) is 25.1. The maximum absolute atomic E-state index is 12.6. The second-order valence-corrected chi connectivity index (χ2v) is 7.25. The first-order valence-corrected chi connectivity index (χ1v) is 10.9. The summed E-state index contributed by atoms with van der Waals surface area (Å²) in [7, 11) is 1.41. The molecule has 0 fully saturated rings. The predicted molar refractivity (Wildman–Crippen MR) is 120 cm³/mol. The van der Waals surface area contributed by atoms with Crippen LogP contribution in [0.4, 0.5) is 10.5 Å². The molecular weight excluding hydrogens is 436 g/mol. The third-order valence-electron chi connectivity index (χ3n) is 4.31. The first-order valence-electron chi connectivity index (χ1n) is 9.64. The van der Waals surface area contributed by atoms with E-state index in [4.69, 9.17) is 19.4 Å². The van der Waals surface area contributed by atoms with E-state index in [0.717, 1.165) is 11.0 Å². The summed E-state index contributed by atoms with van der Waals surface area (Å²) in [6.07, 6.45) is 1.67. The number of methoxy groups -OCH3 is 1. The number of hydrogen-bond donors (Lipinski definition) is 4. The maximum Gasteiger partial charge on any atom is 0.412 e. The van der Waals surface area contributed by atoms with Gasteiger partial charge in [-0.25, -0.2) is 10.3 Å². The van der Waals surface area contributed by atoms with Crippen LogP contribution in [0, 0.1) is 0 Å². The van der Waals surface area contributed by atoms with Crippen LogP contribution in [0.2, 0.25) is 0 Å². The van der Waals surface area contributed by atoms with Crippen molar-refractivity contribution in [3.63, 3.8) is 0 Å². The average Bonchev–Trinajstić information content (AvgIpc) is 2.80. The Kier molecular flexibility index (Phi) is 9.86. The highest BCUT2D eigenvalue weighted by atomic mass is 32.2. The van der Waals surface area contributed by atoms with Gasteiger partial charge in [0, 0.05) is 23.3 Å². The van der Waals surface area contributed by atoms with Crippen molar-refractivity contribution in [3.05, 3.63) is 60.2 Å². The number of phenols is 1. The van der Waals surface area contributed by atoms with Crippen molar-refractivity contribution >= 4 is 29.4 Å². The lowest BCUT2D eigenvalue weighted by Gasteiger charge is -2.25. The highest BCUT2D eigenvalue weighted by Gasteiger charge is 2.27. The smallest absolute Gasteiger partial charge is 0.412 e. The molecule has 2 aromatic rings. The van der Waals surface area contributed by atoms with Gasteiger partial charge in [-0.15, -0.1) is 11.8 Å². The Morgan fingerprint density at radius 2 is 1.91 bits per heavy atom. The summed E-state index contributed by atoms with van der Waals surface area (Å²) in [5.74, 6) is -0.683. The quantitative estimate of drug-likeness (QED) is 0.181. The molecule has 2 rings (SSSR count). The minimum absolute atomic E-state index is 0.154. The number of aromatic hydroxyl groups is 1. The van der Waals surface area contributed by atoms with Gasteiger partial charge in [0.1, 0.15) is 6.10 Å². The van der Waals surface area contributed by atoms with Gasteiger partial charge in [0.25, 0.3) is 5.91 Å². The van der Waals surface area contributed by atoms with Crippen LogP contribution in [0.25, 0.3) is 0 Å². The number of nitrogens with one attached hydrogen (secondary N) is 2. The number of anilines is 1. The maximum atomic E-state index is 12.6. The third kappa shape index (κ3) is 7.19. The van der Waals surface area contributed by atoms with E-state index in [0.29, 0.717) is 11.3 Å². The zero-order valence-electron chi connectivity index (χ0n) is 17.9. The van der Waals surface area contributed by atoms with Gasteiger partial charge in [0.05, 0.1) is 7.11 Å². The molecule has 0 saturated heterocycles. The van der Waals surface area contributed by atoms with E-state index >= 15 is 0 Å². The van der Waals surface area contributed by atoms with Crippen LogP contribution in [0.3, 0.4) is 0 Å². The molecule has 0 aliphatic carbocycles. The summed E-state index contributed by atoms with van der Waals surface area (Å²) in [5, 5.41) is 21.6. The summed E-state index contributed by atoms with van der Waals surface area (Å²) < 4.78 is 16.4. The number of hydroxylamine groups is 1. The van der Waals surface area contributed by atoms with Gasteiger partial charge in [-0.05, 0) is 61.2 Å². The van der Waals surface area contributed by atoms with E-state index < -0.39 is 24.2 Å². The Morgan fingerprint density at radius 1 is 1.19 bits per heavy atom. The van der Waals surface area contributed by atoms with Crippen LogP contribution >= 0.6 is 11.8 Å². The van der Waals surface area contributed by atoms with Crippen LogP contribution in [0.15, 0.2) is 59.5 Å². The Bertz CT molecular complexity index is 934. The fraction of sp³-hybridized carbons (Fsp3) is 0.273. The fourth-order valence-corrected chi connectivity index (χ4v) is 3.21. The Morgan fingerprint density at radius 3 is 2.47 bits per heavy atom. The lowest BCUT2D eigenvalue weighted by molar-refractivity contribution is -0.124. The van der Waals surface area contributed by atoms with E-state index in [1.807, 2.05) is 18.4 Å². The molecule has 0 spiro atoms. The van der Waals surface area contributed by atoms with Gasteiger partial charge in [-0.1, -0.05) is 6.07 Å².